The molecule has 1 aromatic carbocycles. The Balaban J connectivity index is 1.70. The van der Waals surface area contributed by atoms with Crippen molar-refractivity contribution in [2.75, 3.05) is 18.5 Å². The zero-order valence-electron chi connectivity index (χ0n) is 14.1. The topological polar surface area (TPSA) is 79.3 Å². The van der Waals surface area contributed by atoms with Crippen LogP contribution in [0.1, 0.15) is 18.0 Å². The van der Waals surface area contributed by atoms with E-state index in [0.717, 1.165) is 5.56 Å². The molecule has 1 aliphatic rings. The van der Waals surface area contributed by atoms with Crippen molar-refractivity contribution in [1.29, 1.82) is 0 Å². The lowest BCUT2D eigenvalue weighted by Crippen LogP contribution is -2.45. The van der Waals surface area contributed by atoms with Crippen molar-refractivity contribution in [2.45, 2.75) is 18.5 Å². The van der Waals surface area contributed by atoms with Gasteiger partial charge in [-0.1, -0.05) is 23.7 Å². The molecule has 7 nitrogen and oxygen atoms in total. The Hall–Kier alpha value is -2.38. The summed E-state index contributed by atoms with van der Waals surface area (Å²) in [5.74, 6) is -0.405. The van der Waals surface area contributed by atoms with Gasteiger partial charge in [0.05, 0.1) is 16.9 Å². The van der Waals surface area contributed by atoms with Crippen molar-refractivity contribution < 1.29 is 9.59 Å². The number of likely N-dealkylation sites (N-methyl/N-ethyl adjacent to an activating group) is 1. The van der Waals surface area contributed by atoms with Crippen molar-refractivity contribution in [3.8, 4) is 0 Å². The number of hydrogen-bond acceptors (Lipinski definition) is 4. The van der Waals surface area contributed by atoms with Crippen molar-refractivity contribution in [2.24, 2.45) is 7.05 Å². The maximum Gasteiger partial charge on any atom is 0.249 e. The molecule has 2 N–H and O–H groups in total. The second-order valence-electron chi connectivity index (χ2n) is 5.96. The van der Waals surface area contributed by atoms with Crippen molar-refractivity contribution in [3.63, 3.8) is 0 Å². The SMILES string of the molecule is CNC(C(=O)NC1CCN(c2ccccc2Cl)C1=O)c1cnn(C)c1. The number of halogens is 1. The standard InChI is InChI=1S/C17H20ClN5O2/c1-19-15(11-9-20-22(2)10-11)16(24)21-13-7-8-23(17(13)25)14-6-4-3-5-12(14)18/h3-6,9-10,13,15,19H,7-8H2,1-2H3,(H,21,24). The molecule has 0 radical (unpaired) electrons. The van der Waals surface area contributed by atoms with Crippen LogP contribution in [0.4, 0.5) is 5.69 Å². The Morgan fingerprint density at radius 3 is 2.80 bits per heavy atom. The van der Waals surface area contributed by atoms with Crippen LogP contribution in [0.3, 0.4) is 0 Å². The Bertz CT molecular complexity index is 791. The van der Waals surface area contributed by atoms with Crippen molar-refractivity contribution in [1.82, 2.24) is 20.4 Å². The first-order chi connectivity index (χ1) is 12.0. The summed E-state index contributed by atoms with van der Waals surface area (Å²) in [6.45, 7) is 0.518. The number of carbonyl (C=O) groups is 2. The Morgan fingerprint density at radius 2 is 2.16 bits per heavy atom. The summed E-state index contributed by atoms with van der Waals surface area (Å²) < 4.78 is 1.63. The smallest absolute Gasteiger partial charge is 0.249 e. The number of rotatable bonds is 5. The Morgan fingerprint density at radius 1 is 1.40 bits per heavy atom. The van der Waals surface area contributed by atoms with E-state index in [-0.39, 0.29) is 11.8 Å². The highest BCUT2D eigenvalue weighted by Crippen LogP contribution is 2.29. The third kappa shape index (κ3) is 3.52. The van der Waals surface area contributed by atoms with Gasteiger partial charge in [0.1, 0.15) is 12.1 Å². The second kappa shape index (κ2) is 7.25. The molecule has 2 heterocycles. The van der Waals surface area contributed by atoms with E-state index < -0.39 is 12.1 Å². The van der Waals surface area contributed by atoms with E-state index in [0.29, 0.717) is 23.7 Å². The minimum Gasteiger partial charge on any atom is -0.343 e. The molecular formula is C17H20ClN5O2. The number of para-hydroxylation sites is 1. The number of nitrogens with zero attached hydrogens (tertiary/aromatic N) is 3. The second-order valence-corrected chi connectivity index (χ2v) is 6.37. The number of aromatic nitrogens is 2. The van der Waals surface area contributed by atoms with Crippen LogP contribution in [0.25, 0.3) is 0 Å². The van der Waals surface area contributed by atoms with Crippen molar-refractivity contribution in [3.05, 3.63) is 47.2 Å². The molecule has 1 fully saturated rings. The third-order valence-electron chi connectivity index (χ3n) is 4.27. The molecule has 0 spiro atoms. The summed E-state index contributed by atoms with van der Waals surface area (Å²) in [6.07, 6.45) is 3.94. The zero-order chi connectivity index (χ0) is 18.0. The van der Waals surface area contributed by atoms with Crippen LogP contribution in [0, 0.1) is 0 Å². The molecule has 2 amide bonds. The quantitative estimate of drug-likeness (QED) is 0.840. The molecule has 0 bridgehead atoms. The fourth-order valence-electron chi connectivity index (χ4n) is 3.02. The molecule has 3 rings (SSSR count). The highest BCUT2D eigenvalue weighted by Gasteiger charge is 2.35. The van der Waals surface area contributed by atoms with Crippen LogP contribution in [-0.2, 0) is 16.6 Å². The van der Waals surface area contributed by atoms with E-state index in [4.69, 9.17) is 11.6 Å². The van der Waals surface area contributed by atoms with Gasteiger partial charge in [0.15, 0.2) is 0 Å². The molecule has 1 aliphatic heterocycles. The average molecular weight is 362 g/mol. The molecule has 1 aromatic heterocycles. The predicted octanol–water partition coefficient (Wildman–Crippen LogP) is 1.26. The minimum atomic E-state index is -0.559. The first-order valence-corrected chi connectivity index (χ1v) is 8.41. The summed E-state index contributed by atoms with van der Waals surface area (Å²) in [7, 11) is 3.49. The molecule has 25 heavy (non-hydrogen) atoms. The molecule has 8 heteroatoms. The fourth-order valence-corrected chi connectivity index (χ4v) is 3.25. The predicted molar refractivity (Wildman–Crippen MR) is 95.4 cm³/mol. The monoisotopic (exact) mass is 361 g/mol. The zero-order valence-corrected chi connectivity index (χ0v) is 14.8. The van der Waals surface area contributed by atoms with E-state index in [2.05, 4.69) is 15.7 Å². The van der Waals surface area contributed by atoms with Gasteiger partial charge in [-0.3, -0.25) is 14.3 Å². The van der Waals surface area contributed by atoms with Crippen LogP contribution in [-0.4, -0.2) is 41.2 Å². The molecule has 132 valence electrons. The molecule has 2 unspecified atom stereocenters. The largest absolute Gasteiger partial charge is 0.343 e. The summed E-state index contributed by atoms with van der Waals surface area (Å²) in [6, 6.07) is 6.08. The maximum atomic E-state index is 12.7. The number of carbonyl (C=O) groups excluding carboxylic acids is 2. The van der Waals surface area contributed by atoms with Gasteiger partial charge in [-0.15, -0.1) is 0 Å². The molecule has 2 aromatic rings. The average Bonchev–Trinajstić information content (AvgIpc) is 3.16. The van der Waals surface area contributed by atoms with Gasteiger partial charge in [0.2, 0.25) is 11.8 Å². The normalized spacial score (nSPS) is 18.4. The molecule has 0 saturated carbocycles. The lowest BCUT2D eigenvalue weighted by atomic mass is 10.1. The van der Waals surface area contributed by atoms with Crippen LogP contribution in [0.15, 0.2) is 36.7 Å². The highest BCUT2D eigenvalue weighted by molar-refractivity contribution is 6.34. The van der Waals surface area contributed by atoms with E-state index in [1.807, 2.05) is 12.1 Å². The number of hydrogen-bond donors (Lipinski definition) is 2. The van der Waals surface area contributed by atoms with E-state index in [1.165, 1.54) is 0 Å². The summed E-state index contributed by atoms with van der Waals surface area (Å²) in [5, 5.41) is 10.4. The van der Waals surface area contributed by atoms with Gasteiger partial charge >= 0.3 is 0 Å². The highest BCUT2D eigenvalue weighted by atomic mass is 35.5. The summed E-state index contributed by atoms with van der Waals surface area (Å²) >= 11 is 6.18. The first kappa shape index (κ1) is 17.4. The fraction of sp³-hybridized carbons (Fsp3) is 0.353. The van der Waals surface area contributed by atoms with Crippen LogP contribution >= 0.6 is 11.6 Å². The summed E-state index contributed by atoms with van der Waals surface area (Å²) in [4.78, 5) is 26.9. The third-order valence-corrected chi connectivity index (χ3v) is 4.59. The lowest BCUT2D eigenvalue weighted by Gasteiger charge is -2.20. The maximum absolute atomic E-state index is 12.7. The van der Waals surface area contributed by atoms with Gasteiger partial charge < -0.3 is 15.5 Å². The van der Waals surface area contributed by atoms with Gasteiger partial charge in [-0.05, 0) is 25.6 Å². The van der Waals surface area contributed by atoms with E-state index in [9.17, 15) is 9.59 Å². The van der Waals surface area contributed by atoms with Crippen molar-refractivity contribution >= 4 is 29.1 Å². The van der Waals surface area contributed by atoms with E-state index in [1.54, 1.807) is 48.2 Å². The number of anilines is 1. The first-order valence-electron chi connectivity index (χ1n) is 8.03. The summed E-state index contributed by atoms with van der Waals surface area (Å²) in [5.41, 5.74) is 1.42. The van der Waals surface area contributed by atoms with Gasteiger partial charge in [-0.25, -0.2) is 0 Å². The van der Waals surface area contributed by atoms with Crippen LogP contribution in [0.5, 0.6) is 0 Å². The number of benzene rings is 1. The molecular weight excluding hydrogens is 342 g/mol. The minimum absolute atomic E-state index is 0.150. The van der Waals surface area contributed by atoms with E-state index >= 15 is 0 Å². The van der Waals surface area contributed by atoms with Gasteiger partial charge in [0, 0.05) is 25.4 Å². The number of aryl methyl sites for hydroxylation is 1. The Labute approximate surface area is 150 Å². The number of amides is 2. The molecule has 2 atom stereocenters. The van der Waals surface area contributed by atoms with Gasteiger partial charge in [0.25, 0.3) is 0 Å². The Kier molecular flexibility index (Phi) is 5.06. The molecule has 0 aliphatic carbocycles. The van der Waals surface area contributed by atoms with Crippen LogP contribution in [0.2, 0.25) is 5.02 Å². The van der Waals surface area contributed by atoms with Crippen LogP contribution < -0.4 is 15.5 Å². The van der Waals surface area contributed by atoms with Gasteiger partial charge in [-0.2, -0.15) is 5.10 Å². The number of nitrogens with one attached hydrogen (secondary N) is 2. The lowest BCUT2D eigenvalue weighted by molar-refractivity contribution is -0.127. The molecule has 1 saturated heterocycles.